The summed E-state index contributed by atoms with van der Waals surface area (Å²) in [4.78, 5) is 14.4. The Bertz CT molecular complexity index is 851. The van der Waals surface area contributed by atoms with Crippen molar-refractivity contribution in [2.45, 2.75) is 13.2 Å². The second-order valence-electron chi connectivity index (χ2n) is 6.48. The van der Waals surface area contributed by atoms with E-state index in [4.69, 9.17) is 4.74 Å². The Labute approximate surface area is 160 Å². The molecule has 0 saturated heterocycles. The molecule has 138 valence electrons. The minimum Gasteiger partial charge on any atom is -0.487 e. The van der Waals surface area contributed by atoms with Crippen LogP contribution in [0.4, 0.5) is 5.69 Å². The Hall–Kier alpha value is -3.11. The highest BCUT2D eigenvalue weighted by Gasteiger charge is 2.10. The third-order valence-corrected chi connectivity index (χ3v) is 4.11. The maximum atomic E-state index is 12.4. The number of hydrogen-bond donors (Lipinski definition) is 1. The lowest BCUT2D eigenvalue weighted by Crippen LogP contribution is -2.29. The molecule has 0 aliphatic heterocycles. The normalized spacial score (nSPS) is 10.6. The number of anilines is 1. The first-order valence-electron chi connectivity index (χ1n) is 8.99. The third kappa shape index (κ3) is 5.97. The van der Waals surface area contributed by atoms with Crippen molar-refractivity contribution in [3.8, 4) is 5.75 Å². The number of nitrogens with zero attached hydrogens (tertiary/aromatic N) is 1. The third-order valence-electron chi connectivity index (χ3n) is 4.11. The molecule has 1 N–H and O–H groups in total. The van der Waals surface area contributed by atoms with E-state index in [1.54, 1.807) is 0 Å². The van der Waals surface area contributed by atoms with E-state index in [1.807, 2.05) is 84.7 Å². The van der Waals surface area contributed by atoms with E-state index in [9.17, 15) is 4.79 Å². The number of likely N-dealkylation sites (N-methyl/N-ethyl adjacent to an activating group) is 1. The van der Waals surface area contributed by atoms with E-state index in [-0.39, 0.29) is 5.91 Å². The van der Waals surface area contributed by atoms with Crippen LogP contribution in [0.2, 0.25) is 0 Å². The first-order valence-corrected chi connectivity index (χ1v) is 8.99. The number of nitrogens with one attached hydrogen (secondary N) is 1. The van der Waals surface area contributed by atoms with Gasteiger partial charge in [-0.2, -0.15) is 0 Å². The van der Waals surface area contributed by atoms with Crippen molar-refractivity contribution in [2.75, 3.05) is 18.9 Å². The smallest absolute Gasteiger partial charge is 0.238 e. The molecule has 0 spiro atoms. The number of carbonyl (C=O) groups excluding carboxylic acids is 1. The number of benzene rings is 3. The van der Waals surface area contributed by atoms with Crippen LogP contribution in [0.5, 0.6) is 5.75 Å². The number of hydrogen-bond acceptors (Lipinski definition) is 3. The topological polar surface area (TPSA) is 41.6 Å². The van der Waals surface area contributed by atoms with Gasteiger partial charge in [-0.05, 0) is 30.3 Å². The Morgan fingerprint density at radius 2 is 1.44 bits per heavy atom. The van der Waals surface area contributed by atoms with Crippen molar-refractivity contribution in [1.82, 2.24) is 4.90 Å². The van der Waals surface area contributed by atoms with Gasteiger partial charge in [0.2, 0.25) is 5.91 Å². The second kappa shape index (κ2) is 9.55. The molecule has 3 rings (SSSR count). The number of carbonyl (C=O) groups is 1. The van der Waals surface area contributed by atoms with E-state index in [0.29, 0.717) is 24.6 Å². The molecule has 0 atom stereocenters. The van der Waals surface area contributed by atoms with Gasteiger partial charge in [0.25, 0.3) is 0 Å². The Kier molecular flexibility index (Phi) is 6.61. The summed E-state index contributed by atoms with van der Waals surface area (Å²) in [5.41, 5.74) is 2.95. The number of amides is 1. The SMILES string of the molecule is CN(CC(=O)Nc1ccccc1OCc1ccccc1)Cc1ccccc1. The molecule has 0 fully saturated rings. The number of para-hydroxylation sites is 2. The lowest BCUT2D eigenvalue weighted by Gasteiger charge is -2.17. The monoisotopic (exact) mass is 360 g/mol. The van der Waals surface area contributed by atoms with E-state index in [2.05, 4.69) is 17.4 Å². The van der Waals surface area contributed by atoms with E-state index in [1.165, 1.54) is 5.56 Å². The fourth-order valence-electron chi connectivity index (χ4n) is 2.82. The number of ether oxygens (including phenoxy) is 1. The van der Waals surface area contributed by atoms with Gasteiger partial charge in [0, 0.05) is 6.54 Å². The molecule has 0 saturated carbocycles. The molecule has 0 aliphatic carbocycles. The van der Waals surface area contributed by atoms with Crippen molar-refractivity contribution in [3.05, 3.63) is 96.1 Å². The van der Waals surface area contributed by atoms with Gasteiger partial charge in [0.05, 0.1) is 12.2 Å². The summed E-state index contributed by atoms with van der Waals surface area (Å²) in [5, 5.41) is 2.96. The minimum atomic E-state index is -0.0656. The molecule has 0 unspecified atom stereocenters. The molecular formula is C23H24N2O2. The Balaban J connectivity index is 1.56. The van der Waals surface area contributed by atoms with Crippen LogP contribution in [-0.4, -0.2) is 24.4 Å². The summed E-state index contributed by atoms with van der Waals surface area (Å²) in [7, 11) is 1.93. The molecule has 0 aliphatic rings. The molecule has 0 aromatic heterocycles. The maximum Gasteiger partial charge on any atom is 0.238 e. The van der Waals surface area contributed by atoms with Crippen LogP contribution in [0, 0.1) is 0 Å². The maximum absolute atomic E-state index is 12.4. The Morgan fingerprint density at radius 3 is 2.15 bits per heavy atom. The fraction of sp³-hybridized carbons (Fsp3) is 0.174. The van der Waals surface area contributed by atoms with Gasteiger partial charge in [0.15, 0.2) is 0 Å². The Morgan fingerprint density at radius 1 is 0.852 bits per heavy atom. The first-order chi connectivity index (χ1) is 13.2. The van der Waals surface area contributed by atoms with Gasteiger partial charge in [-0.25, -0.2) is 0 Å². The first kappa shape index (κ1) is 18.7. The zero-order valence-corrected chi connectivity index (χ0v) is 15.5. The summed E-state index contributed by atoms with van der Waals surface area (Å²) < 4.78 is 5.90. The van der Waals surface area contributed by atoms with Crippen LogP contribution in [0.15, 0.2) is 84.9 Å². The average molecular weight is 360 g/mol. The fourth-order valence-corrected chi connectivity index (χ4v) is 2.82. The lowest BCUT2D eigenvalue weighted by atomic mass is 10.2. The van der Waals surface area contributed by atoms with Gasteiger partial charge in [-0.3, -0.25) is 9.69 Å². The van der Waals surface area contributed by atoms with Crippen LogP contribution in [0.1, 0.15) is 11.1 Å². The molecule has 4 heteroatoms. The summed E-state index contributed by atoms with van der Waals surface area (Å²) in [6.07, 6.45) is 0. The van der Waals surface area contributed by atoms with Gasteiger partial charge >= 0.3 is 0 Å². The summed E-state index contributed by atoms with van der Waals surface area (Å²) in [6.45, 7) is 1.49. The summed E-state index contributed by atoms with van der Waals surface area (Å²) >= 11 is 0. The molecule has 1 amide bonds. The predicted molar refractivity (Wildman–Crippen MR) is 109 cm³/mol. The molecule has 4 nitrogen and oxygen atoms in total. The van der Waals surface area contributed by atoms with Crippen LogP contribution in [0.25, 0.3) is 0 Å². The minimum absolute atomic E-state index is 0.0656. The van der Waals surface area contributed by atoms with Gasteiger partial charge in [-0.15, -0.1) is 0 Å². The molecule has 0 radical (unpaired) electrons. The summed E-state index contributed by atoms with van der Waals surface area (Å²) in [5.74, 6) is 0.601. The molecular weight excluding hydrogens is 336 g/mol. The highest BCUT2D eigenvalue weighted by molar-refractivity contribution is 5.93. The molecule has 27 heavy (non-hydrogen) atoms. The second-order valence-corrected chi connectivity index (χ2v) is 6.48. The van der Waals surface area contributed by atoms with E-state index < -0.39 is 0 Å². The summed E-state index contributed by atoms with van der Waals surface area (Å²) in [6, 6.07) is 27.6. The molecule has 0 heterocycles. The van der Waals surface area contributed by atoms with Crippen LogP contribution >= 0.6 is 0 Å². The van der Waals surface area contributed by atoms with Crippen molar-refractivity contribution < 1.29 is 9.53 Å². The molecule has 3 aromatic rings. The van der Waals surface area contributed by atoms with Gasteiger partial charge in [-0.1, -0.05) is 72.8 Å². The average Bonchev–Trinajstić information content (AvgIpc) is 2.68. The standard InChI is InChI=1S/C23H24N2O2/c1-25(16-19-10-4-2-5-11-19)17-23(26)24-21-14-8-9-15-22(21)27-18-20-12-6-3-7-13-20/h2-15H,16-18H2,1H3,(H,24,26). The predicted octanol–water partition coefficient (Wildman–Crippen LogP) is 4.34. The van der Waals surface area contributed by atoms with Crippen molar-refractivity contribution in [2.24, 2.45) is 0 Å². The van der Waals surface area contributed by atoms with Crippen LogP contribution in [0.3, 0.4) is 0 Å². The quantitative estimate of drug-likeness (QED) is 0.650. The van der Waals surface area contributed by atoms with Crippen LogP contribution in [-0.2, 0) is 17.9 Å². The van der Waals surface area contributed by atoms with Gasteiger partial charge < -0.3 is 10.1 Å². The molecule has 0 bridgehead atoms. The molecule has 3 aromatic carbocycles. The zero-order valence-electron chi connectivity index (χ0n) is 15.5. The van der Waals surface area contributed by atoms with Crippen molar-refractivity contribution in [3.63, 3.8) is 0 Å². The highest BCUT2D eigenvalue weighted by atomic mass is 16.5. The van der Waals surface area contributed by atoms with Crippen molar-refractivity contribution in [1.29, 1.82) is 0 Å². The van der Waals surface area contributed by atoms with Crippen LogP contribution < -0.4 is 10.1 Å². The lowest BCUT2D eigenvalue weighted by molar-refractivity contribution is -0.117. The largest absolute Gasteiger partial charge is 0.487 e. The van der Waals surface area contributed by atoms with E-state index >= 15 is 0 Å². The zero-order chi connectivity index (χ0) is 18.9. The van der Waals surface area contributed by atoms with Gasteiger partial charge in [0.1, 0.15) is 12.4 Å². The number of rotatable bonds is 8. The van der Waals surface area contributed by atoms with E-state index in [0.717, 1.165) is 12.1 Å². The highest BCUT2D eigenvalue weighted by Crippen LogP contribution is 2.24. The van der Waals surface area contributed by atoms with Crippen molar-refractivity contribution >= 4 is 11.6 Å².